The topological polar surface area (TPSA) is 54.0 Å². The van der Waals surface area contributed by atoms with Crippen molar-refractivity contribution in [1.29, 1.82) is 0 Å². The van der Waals surface area contributed by atoms with Gasteiger partial charge in [-0.25, -0.2) is 0 Å². The number of unbranched alkanes of at least 4 members (excludes halogenated alkanes) is 1. The van der Waals surface area contributed by atoms with Crippen LogP contribution in [0, 0.1) is 0 Å². The maximum Gasteiger partial charge on any atom is 0.311 e. The van der Waals surface area contributed by atoms with Gasteiger partial charge in [0.1, 0.15) is 0 Å². The van der Waals surface area contributed by atoms with Gasteiger partial charge in [-0.1, -0.05) is 13.3 Å². The van der Waals surface area contributed by atoms with Crippen molar-refractivity contribution in [3.63, 3.8) is 0 Å². The molecule has 5 heteroatoms. The van der Waals surface area contributed by atoms with E-state index in [1.165, 1.54) is 0 Å². The Balaban J connectivity index is 2.06. The molecule has 0 N–H and O–H groups in total. The quantitative estimate of drug-likeness (QED) is 0.595. The highest BCUT2D eigenvalue weighted by Gasteiger charge is 2.19. The van der Waals surface area contributed by atoms with Gasteiger partial charge >= 0.3 is 5.97 Å². The van der Waals surface area contributed by atoms with E-state index in [9.17, 15) is 4.79 Å². The van der Waals surface area contributed by atoms with Crippen LogP contribution in [0.2, 0.25) is 0 Å². The second-order valence-corrected chi connectivity index (χ2v) is 4.91. The normalized spacial score (nSPS) is 15.7. The van der Waals surface area contributed by atoms with Crippen molar-refractivity contribution in [2.24, 2.45) is 0 Å². The second kappa shape index (κ2) is 8.00. The van der Waals surface area contributed by atoms with Crippen LogP contribution in [0.25, 0.3) is 0 Å². The number of hydrogen-bond donors (Lipinski definition) is 0. The van der Waals surface area contributed by atoms with E-state index < -0.39 is 0 Å². The Morgan fingerprint density at radius 2 is 2.05 bits per heavy atom. The third-order valence-electron chi connectivity index (χ3n) is 3.25. The van der Waals surface area contributed by atoms with Gasteiger partial charge in [-0.15, -0.1) is 0 Å². The lowest BCUT2D eigenvalue weighted by atomic mass is 10.2. The van der Waals surface area contributed by atoms with E-state index in [0.29, 0.717) is 31.1 Å². The lowest BCUT2D eigenvalue weighted by Crippen LogP contribution is -2.17. The first-order valence-corrected chi connectivity index (χ1v) is 7.36. The third-order valence-corrected chi connectivity index (χ3v) is 3.25. The van der Waals surface area contributed by atoms with Crippen molar-refractivity contribution >= 4 is 5.97 Å². The monoisotopic (exact) mass is 294 g/mol. The summed E-state index contributed by atoms with van der Waals surface area (Å²) >= 11 is 0. The summed E-state index contributed by atoms with van der Waals surface area (Å²) in [5, 5.41) is 0. The van der Waals surface area contributed by atoms with E-state index in [1.807, 2.05) is 13.0 Å². The van der Waals surface area contributed by atoms with Crippen LogP contribution in [0.15, 0.2) is 18.2 Å². The van der Waals surface area contributed by atoms with Gasteiger partial charge < -0.3 is 18.9 Å². The maximum atomic E-state index is 11.7. The molecule has 0 radical (unpaired) electrons. The number of rotatable bonds is 6. The summed E-state index contributed by atoms with van der Waals surface area (Å²) in [5.74, 6) is 0.696. The molecule has 1 saturated heterocycles. The standard InChI is InChI=1S/C16H22O5/c1-3-4-6-15(17)21-13-8-7-12(11-14(13)18-2)16-19-9-5-10-20-16/h7-8,11,16H,3-6,9-10H2,1-2H3. The van der Waals surface area contributed by atoms with E-state index in [4.69, 9.17) is 18.9 Å². The predicted octanol–water partition coefficient (Wildman–Crippen LogP) is 3.23. The summed E-state index contributed by atoms with van der Waals surface area (Å²) in [5.41, 5.74) is 0.861. The molecule has 21 heavy (non-hydrogen) atoms. The number of ether oxygens (including phenoxy) is 4. The van der Waals surface area contributed by atoms with Crippen LogP contribution >= 0.6 is 0 Å². The SMILES string of the molecule is CCCCC(=O)Oc1ccc(C2OCCCO2)cc1OC. The molecule has 0 aliphatic carbocycles. The van der Waals surface area contributed by atoms with Crippen LogP contribution in [0.3, 0.4) is 0 Å². The van der Waals surface area contributed by atoms with E-state index in [-0.39, 0.29) is 12.3 Å². The van der Waals surface area contributed by atoms with Gasteiger partial charge in [-0.05, 0) is 31.0 Å². The van der Waals surface area contributed by atoms with Gasteiger partial charge in [-0.3, -0.25) is 4.79 Å². The third kappa shape index (κ3) is 4.44. The second-order valence-electron chi connectivity index (χ2n) is 4.91. The lowest BCUT2D eigenvalue weighted by Gasteiger charge is -2.24. The van der Waals surface area contributed by atoms with E-state index in [1.54, 1.807) is 19.2 Å². The summed E-state index contributed by atoms with van der Waals surface area (Å²) < 4.78 is 21.7. The zero-order chi connectivity index (χ0) is 15.1. The molecule has 0 spiro atoms. The molecule has 1 aromatic rings. The molecule has 116 valence electrons. The summed E-state index contributed by atoms with van der Waals surface area (Å²) in [4.78, 5) is 11.7. The average molecular weight is 294 g/mol. The molecular formula is C16H22O5. The first-order chi connectivity index (χ1) is 10.2. The van der Waals surface area contributed by atoms with Crippen molar-refractivity contribution < 1.29 is 23.7 Å². The van der Waals surface area contributed by atoms with Gasteiger partial charge in [-0.2, -0.15) is 0 Å². The minimum absolute atomic E-state index is 0.243. The zero-order valence-corrected chi connectivity index (χ0v) is 12.6. The molecular weight excluding hydrogens is 272 g/mol. The van der Waals surface area contributed by atoms with Gasteiger partial charge in [0.05, 0.1) is 20.3 Å². The first kappa shape index (κ1) is 15.8. The Kier molecular flexibility index (Phi) is 6.02. The molecule has 1 aliphatic heterocycles. The molecule has 0 aromatic heterocycles. The fourth-order valence-electron chi connectivity index (χ4n) is 2.09. The molecule has 0 amide bonds. The fraction of sp³-hybridized carbons (Fsp3) is 0.562. The van der Waals surface area contributed by atoms with Gasteiger partial charge in [0.2, 0.25) is 0 Å². The van der Waals surface area contributed by atoms with Crippen molar-refractivity contribution in [2.75, 3.05) is 20.3 Å². The Morgan fingerprint density at radius 1 is 1.29 bits per heavy atom. The van der Waals surface area contributed by atoms with Crippen LogP contribution < -0.4 is 9.47 Å². The van der Waals surface area contributed by atoms with Gasteiger partial charge in [0, 0.05) is 12.0 Å². The first-order valence-electron chi connectivity index (χ1n) is 7.36. The number of carbonyl (C=O) groups excluding carboxylic acids is 1. The molecule has 2 rings (SSSR count). The van der Waals surface area contributed by atoms with E-state index in [2.05, 4.69) is 0 Å². The lowest BCUT2D eigenvalue weighted by molar-refractivity contribution is -0.183. The van der Waals surface area contributed by atoms with Crippen LogP contribution in [0.5, 0.6) is 11.5 Å². The molecule has 1 fully saturated rings. The summed E-state index contributed by atoms with van der Waals surface area (Å²) in [6.07, 6.45) is 2.72. The summed E-state index contributed by atoms with van der Waals surface area (Å²) in [6.45, 7) is 3.40. The number of methoxy groups -OCH3 is 1. The van der Waals surface area contributed by atoms with Crippen LogP contribution in [-0.2, 0) is 14.3 Å². The molecule has 1 aromatic carbocycles. The highest BCUT2D eigenvalue weighted by molar-refractivity contribution is 5.73. The molecule has 1 aliphatic rings. The number of hydrogen-bond acceptors (Lipinski definition) is 5. The van der Waals surface area contributed by atoms with Crippen LogP contribution in [0.4, 0.5) is 0 Å². The molecule has 0 unspecified atom stereocenters. The van der Waals surface area contributed by atoms with E-state index >= 15 is 0 Å². The van der Waals surface area contributed by atoms with Gasteiger partial charge in [0.25, 0.3) is 0 Å². The van der Waals surface area contributed by atoms with Crippen molar-refractivity contribution in [3.05, 3.63) is 23.8 Å². The number of carbonyl (C=O) groups is 1. The largest absolute Gasteiger partial charge is 0.493 e. The molecule has 0 bridgehead atoms. The minimum atomic E-state index is -0.377. The Morgan fingerprint density at radius 3 is 2.71 bits per heavy atom. The zero-order valence-electron chi connectivity index (χ0n) is 12.6. The number of esters is 1. The summed E-state index contributed by atoms with van der Waals surface area (Å²) in [6, 6.07) is 5.35. The van der Waals surface area contributed by atoms with Crippen molar-refractivity contribution in [2.45, 2.75) is 38.9 Å². The van der Waals surface area contributed by atoms with Crippen molar-refractivity contribution in [3.8, 4) is 11.5 Å². The smallest absolute Gasteiger partial charge is 0.311 e. The minimum Gasteiger partial charge on any atom is -0.493 e. The molecule has 0 saturated carbocycles. The van der Waals surface area contributed by atoms with Crippen LogP contribution in [-0.4, -0.2) is 26.3 Å². The fourth-order valence-corrected chi connectivity index (χ4v) is 2.09. The molecule has 0 atom stereocenters. The molecule has 5 nitrogen and oxygen atoms in total. The summed E-state index contributed by atoms with van der Waals surface area (Å²) in [7, 11) is 1.55. The average Bonchev–Trinajstić information content (AvgIpc) is 2.54. The highest BCUT2D eigenvalue weighted by atomic mass is 16.7. The van der Waals surface area contributed by atoms with Crippen LogP contribution in [0.1, 0.15) is 44.5 Å². The Bertz CT molecular complexity index is 466. The Hall–Kier alpha value is -1.59. The van der Waals surface area contributed by atoms with E-state index in [0.717, 1.165) is 24.8 Å². The molecule has 1 heterocycles. The maximum absolute atomic E-state index is 11.7. The highest BCUT2D eigenvalue weighted by Crippen LogP contribution is 2.33. The van der Waals surface area contributed by atoms with Crippen molar-refractivity contribution in [1.82, 2.24) is 0 Å². The van der Waals surface area contributed by atoms with Gasteiger partial charge in [0.15, 0.2) is 17.8 Å². The predicted molar refractivity (Wildman–Crippen MR) is 77.4 cm³/mol. The number of benzene rings is 1. The Labute approximate surface area is 125 Å².